The number of hydrogen-bond donors (Lipinski definition) is 1. The van der Waals surface area contributed by atoms with E-state index in [9.17, 15) is 18.0 Å². The Balaban J connectivity index is 1.39. The third-order valence-corrected chi connectivity index (χ3v) is 5.42. The number of para-hydroxylation sites is 1. The number of benzene rings is 4. The average Bonchev–Trinajstić information content (AvgIpc) is 3.24. The van der Waals surface area contributed by atoms with Crippen molar-refractivity contribution in [3.63, 3.8) is 0 Å². The Kier molecular flexibility index (Phi) is 5.52. The first-order chi connectivity index (χ1) is 16.8. The lowest BCUT2D eigenvalue weighted by atomic mass is 10.1. The molecule has 0 aliphatic rings. The molecule has 1 N–H and O–H groups in total. The molecule has 0 radical (unpaired) electrons. The first-order valence-electron chi connectivity index (χ1n) is 10.6. The van der Waals surface area contributed by atoms with E-state index in [1.165, 1.54) is 24.3 Å². The fourth-order valence-electron chi connectivity index (χ4n) is 3.82. The van der Waals surface area contributed by atoms with Gasteiger partial charge in [0, 0.05) is 16.8 Å². The second kappa shape index (κ2) is 8.68. The van der Waals surface area contributed by atoms with Crippen molar-refractivity contribution in [2.45, 2.75) is 13.3 Å². The van der Waals surface area contributed by atoms with Gasteiger partial charge in [0.15, 0.2) is 0 Å². The van der Waals surface area contributed by atoms with Gasteiger partial charge in [-0.25, -0.2) is 9.78 Å². The zero-order valence-electron chi connectivity index (χ0n) is 18.3. The molecule has 0 saturated heterocycles. The minimum Gasteiger partial charge on any atom is -0.410 e. The largest absolute Gasteiger partial charge is 0.573 e. The van der Waals surface area contributed by atoms with E-state index in [0.29, 0.717) is 22.6 Å². The van der Waals surface area contributed by atoms with Crippen molar-refractivity contribution in [3.8, 4) is 17.2 Å². The molecule has 0 bridgehead atoms. The molecule has 1 amide bonds. The molecule has 9 heteroatoms. The fraction of sp³-hybridized carbons (Fsp3) is 0.0769. The summed E-state index contributed by atoms with van der Waals surface area (Å²) in [5.41, 5.74) is 3.55. The van der Waals surface area contributed by atoms with Crippen LogP contribution in [0.2, 0.25) is 0 Å². The summed E-state index contributed by atoms with van der Waals surface area (Å²) < 4.78 is 48.3. The summed E-state index contributed by atoms with van der Waals surface area (Å²) in [6.45, 7) is 1.85. The molecule has 6 nitrogen and oxygen atoms in total. The highest BCUT2D eigenvalue weighted by atomic mass is 19.4. The molecular formula is C26H18F3N3O3. The van der Waals surface area contributed by atoms with Gasteiger partial charge in [0.05, 0.1) is 11.0 Å². The maximum Gasteiger partial charge on any atom is 0.573 e. The van der Waals surface area contributed by atoms with Crippen LogP contribution < -0.4 is 14.8 Å². The van der Waals surface area contributed by atoms with E-state index in [0.717, 1.165) is 21.9 Å². The quantitative estimate of drug-likeness (QED) is 0.303. The molecule has 176 valence electrons. The molecule has 35 heavy (non-hydrogen) atoms. The van der Waals surface area contributed by atoms with Crippen LogP contribution in [0.5, 0.6) is 11.5 Å². The number of fused-ring (bicyclic) bond motifs is 3. The Morgan fingerprint density at radius 2 is 1.74 bits per heavy atom. The van der Waals surface area contributed by atoms with Crippen LogP contribution in [0.3, 0.4) is 0 Å². The van der Waals surface area contributed by atoms with Crippen molar-refractivity contribution in [2.75, 3.05) is 5.32 Å². The Labute approximate surface area is 197 Å². The third kappa shape index (κ3) is 4.74. The number of ether oxygens (including phenoxy) is 2. The third-order valence-electron chi connectivity index (χ3n) is 5.42. The van der Waals surface area contributed by atoms with Gasteiger partial charge in [-0.2, -0.15) is 0 Å². The molecule has 0 spiro atoms. The second-order valence-corrected chi connectivity index (χ2v) is 7.81. The smallest absolute Gasteiger partial charge is 0.410 e. The predicted octanol–water partition coefficient (Wildman–Crippen LogP) is 7.00. The molecule has 1 aromatic heterocycles. The number of imidazole rings is 1. The van der Waals surface area contributed by atoms with Gasteiger partial charge in [-0.05, 0) is 66.4 Å². The minimum atomic E-state index is -4.74. The van der Waals surface area contributed by atoms with Crippen molar-refractivity contribution < 1.29 is 27.4 Å². The van der Waals surface area contributed by atoms with E-state index in [4.69, 9.17) is 4.74 Å². The average molecular weight is 477 g/mol. The molecule has 0 aliphatic carbocycles. The van der Waals surface area contributed by atoms with E-state index < -0.39 is 12.5 Å². The van der Waals surface area contributed by atoms with Gasteiger partial charge >= 0.3 is 12.5 Å². The van der Waals surface area contributed by atoms with Crippen LogP contribution in [0.25, 0.3) is 27.5 Å². The van der Waals surface area contributed by atoms with E-state index >= 15 is 0 Å². The summed E-state index contributed by atoms with van der Waals surface area (Å²) in [4.78, 5) is 16.8. The number of anilines is 1. The maximum absolute atomic E-state index is 12.4. The van der Waals surface area contributed by atoms with Crippen LogP contribution in [0.1, 0.15) is 5.56 Å². The summed E-state index contributed by atoms with van der Waals surface area (Å²) >= 11 is 0. The molecule has 0 atom stereocenters. The number of carbonyl (C=O) groups excluding carboxylic acids is 1. The minimum absolute atomic E-state index is 0.294. The number of amides is 1. The molecule has 4 aromatic carbocycles. The van der Waals surface area contributed by atoms with Crippen LogP contribution in [-0.2, 0) is 0 Å². The first-order valence-corrected chi connectivity index (χ1v) is 10.6. The lowest BCUT2D eigenvalue weighted by Gasteiger charge is -2.11. The summed E-state index contributed by atoms with van der Waals surface area (Å²) in [5.74, 6) is 0.188. The summed E-state index contributed by atoms with van der Waals surface area (Å²) in [7, 11) is 0. The van der Waals surface area contributed by atoms with Crippen molar-refractivity contribution in [1.29, 1.82) is 0 Å². The van der Waals surface area contributed by atoms with Crippen LogP contribution in [0, 0.1) is 6.92 Å². The first kappa shape index (κ1) is 22.3. The molecule has 5 aromatic rings. The van der Waals surface area contributed by atoms with Gasteiger partial charge < -0.3 is 9.47 Å². The Morgan fingerprint density at radius 1 is 0.971 bits per heavy atom. The fourth-order valence-corrected chi connectivity index (χ4v) is 3.82. The lowest BCUT2D eigenvalue weighted by Crippen LogP contribution is -2.17. The highest BCUT2D eigenvalue weighted by Crippen LogP contribution is 2.30. The lowest BCUT2D eigenvalue weighted by molar-refractivity contribution is -0.274. The zero-order chi connectivity index (χ0) is 24.6. The van der Waals surface area contributed by atoms with E-state index in [2.05, 4.69) is 15.0 Å². The number of nitrogens with zero attached hydrogens (tertiary/aromatic N) is 2. The molecule has 5 rings (SSSR count). The van der Waals surface area contributed by atoms with E-state index in [1.807, 2.05) is 43.3 Å². The van der Waals surface area contributed by atoms with Crippen LogP contribution in [0.4, 0.5) is 23.7 Å². The van der Waals surface area contributed by atoms with Gasteiger partial charge in [0.25, 0.3) is 0 Å². The van der Waals surface area contributed by atoms with E-state index in [-0.39, 0.29) is 5.75 Å². The molecule has 0 unspecified atom stereocenters. The maximum atomic E-state index is 12.4. The number of alkyl halides is 3. The van der Waals surface area contributed by atoms with E-state index in [1.54, 1.807) is 29.1 Å². The van der Waals surface area contributed by atoms with Gasteiger partial charge in [-0.1, -0.05) is 30.3 Å². The number of halogens is 3. The van der Waals surface area contributed by atoms with Crippen LogP contribution in [-0.4, -0.2) is 22.0 Å². The second-order valence-electron chi connectivity index (χ2n) is 7.81. The molecule has 0 saturated carbocycles. The highest BCUT2D eigenvalue weighted by molar-refractivity contribution is 6.06. The molecular weight excluding hydrogens is 459 g/mol. The molecule has 1 heterocycles. The van der Waals surface area contributed by atoms with Crippen LogP contribution >= 0.6 is 0 Å². The number of aromatic nitrogens is 2. The number of rotatable bonds is 4. The summed E-state index contributed by atoms with van der Waals surface area (Å²) in [5, 5.41) is 4.44. The predicted molar refractivity (Wildman–Crippen MR) is 126 cm³/mol. The van der Waals surface area contributed by atoms with Crippen molar-refractivity contribution in [1.82, 2.24) is 9.55 Å². The standard InChI is InChI=1S/C26H18F3N3O3/c1-16-4-2-3-5-23(16)34-25(33)31-18-7-12-21-17(14-18)6-13-22-24(21)30-15-32(22)19-8-10-20(11-9-19)35-26(27,28)29/h2-15H,1H3,(H,31,33). The zero-order valence-corrected chi connectivity index (χ0v) is 18.3. The van der Waals surface area contributed by atoms with Crippen molar-refractivity contribution in [3.05, 3.63) is 90.8 Å². The van der Waals surface area contributed by atoms with Crippen LogP contribution in [0.15, 0.2) is 85.2 Å². The van der Waals surface area contributed by atoms with Gasteiger partial charge in [-0.3, -0.25) is 9.88 Å². The van der Waals surface area contributed by atoms with Gasteiger partial charge in [-0.15, -0.1) is 13.2 Å². The van der Waals surface area contributed by atoms with Gasteiger partial charge in [0.1, 0.15) is 17.8 Å². The number of nitrogens with one attached hydrogen (secondary N) is 1. The summed E-state index contributed by atoms with van der Waals surface area (Å²) in [6.07, 6.45) is -3.73. The number of aryl methyl sites for hydroxylation is 1. The highest BCUT2D eigenvalue weighted by Gasteiger charge is 2.31. The topological polar surface area (TPSA) is 65.4 Å². The monoisotopic (exact) mass is 477 g/mol. The Bertz CT molecular complexity index is 1540. The Hall–Kier alpha value is -4.53. The van der Waals surface area contributed by atoms with Gasteiger partial charge in [0.2, 0.25) is 0 Å². The number of carbonyl (C=O) groups is 1. The van der Waals surface area contributed by atoms with Crippen molar-refractivity contribution in [2.24, 2.45) is 0 Å². The summed E-state index contributed by atoms with van der Waals surface area (Å²) in [6, 6.07) is 22.0. The Morgan fingerprint density at radius 3 is 2.49 bits per heavy atom. The molecule has 0 aliphatic heterocycles. The SMILES string of the molecule is Cc1ccccc1OC(=O)Nc1ccc2c(ccc3c2ncn3-c2ccc(OC(F)(F)F)cc2)c1. The van der Waals surface area contributed by atoms with Crippen molar-refractivity contribution >= 4 is 33.6 Å². The molecule has 0 fully saturated rings. The number of hydrogen-bond acceptors (Lipinski definition) is 4. The normalized spacial score (nSPS) is 11.5.